The molecule has 0 radical (unpaired) electrons. The van der Waals surface area contributed by atoms with Crippen molar-refractivity contribution in [1.82, 2.24) is 4.90 Å². The van der Waals surface area contributed by atoms with E-state index in [2.05, 4.69) is 0 Å². The predicted octanol–water partition coefficient (Wildman–Crippen LogP) is 1.44. The maximum Gasteiger partial charge on any atom is 0.318 e. The first-order valence-electron chi connectivity index (χ1n) is 6.80. The van der Waals surface area contributed by atoms with E-state index in [9.17, 15) is 9.59 Å². The molecular formula is C14H22N2O4S. The summed E-state index contributed by atoms with van der Waals surface area (Å²) in [4.78, 5) is 27.0. The summed E-state index contributed by atoms with van der Waals surface area (Å²) in [6.45, 7) is 6.26. The van der Waals surface area contributed by atoms with Gasteiger partial charge in [0, 0.05) is 12.0 Å². The summed E-state index contributed by atoms with van der Waals surface area (Å²) >= 11 is 1.24. The van der Waals surface area contributed by atoms with Crippen molar-refractivity contribution in [2.24, 2.45) is 11.7 Å². The summed E-state index contributed by atoms with van der Waals surface area (Å²) in [6, 6.07) is 0. The van der Waals surface area contributed by atoms with Crippen LogP contribution in [0.1, 0.15) is 20.8 Å². The number of carbonyl (C=O) groups excluding carboxylic acids is 2. The van der Waals surface area contributed by atoms with Crippen LogP contribution < -0.4 is 5.73 Å². The zero-order valence-corrected chi connectivity index (χ0v) is 13.7. The Balaban J connectivity index is 3.10. The van der Waals surface area contributed by atoms with Crippen LogP contribution in [0, 0.1) is 5.92 Å². The Kier molecular flexibility index (Phi) is 6.77. The van der Waals surface area contributed by atoms with Crippen LogP contribution in [0.2, 0.25) is 0 Å². The van der Waals surface area contributed by atoms with Gasteiger partial charge < -0.3 is 20.1 Å². The molecular weight excluding hydrogens is 292 g/mol. The van der Waals surface area contributed by atoms with Gasteiger partial charge in [-0.1, -0.05) is 11.8 Å². The van der Waals surface area contributed by atoms with E-state index < -0.39 is 5.92 Å². The molecule has 1 unspecified atom stereocenters. The van der Waals surface area contributed by atoms with E-state index in [1.165, 1.54) is 22.9 Å². The third-order valence-corrected chi connectivity index (χ3v) is 4.27. The molecule has 0 bridgehead atoms. The summed E-state index contributed by atoms with van der Waals surface area (Å²) in [7, 11) is 1.62. The number of hydrogen-bond donors (Lipinski definition) is 1. The van der Waals surface area contributed by atoms with Crippen molar-refractivity contribution in [3.63, 3.8) is 0 Å². The van der Waals surface area contributed by atoms with Gasteiger partial charge in [0.05, 0.1) is 31.0 Å². The van der Waals surface area contributed by atoms with Crippen LogP contribution in [0.3, 0.4) is 0 Å². The molecule has 2 N–H and O–H groups in total. The lowest BCUT2D eigenvalue weighted by atomic mass is 10.00. The van der Waals surface area contributed by atoms with Crippen molar-refractivity contribution in [1.29, 1.82) is 0 Å². The molecule has 1 atom stereocenters. The molecule has 0 spiro atoms. The highest BCUT2D eigenvalue weighted by Crippen LogP contribution is 2.46. The largest absolute Gasteiger partial charge is 0.501 e. The second kappa shape index (κ2) is 8.09. The van der Waals surface area contributed by atoms with Crippen molar-refractivity contribution < 1.29 is 19.1 Å². The first-order valence-corrected chi connectivity index (χ1v) is 7.61. The van der Waals surface area contributed by atoms with Crippen LogP contribution in [0.5, 0.6) is 0 Å². The van der Waals surface area contributed by atoms with E-state index in [0.717, 1.165) is 0 Å². The number of esters is 1. The quantitative estimate of drug-likeness (QED) is 0.454. The molecule has 21 heavy (non-hydrogen) atoms. The molecule has 1 rings (SSSR count). The minimum absolute atomic E-state index is 0.116. The summed E-state index contributed by atoms with van der Waals surface area (Å²) < 4.78 is 10.4. The van der Waals surface area contributed by atoms with Crippen LogP contribution in [0.15, 0.2) is 21.6 Å². The molecule has 0 aromatic rings. The average Bonchev–Trinajstić information content (AvgIpc) is 2.80. The van der Waals surface area contributed by atoms with Crippen LogP contribution in [-0.4, -0.2) is 43.7 Å². The second-order valence-electron chi connectivity index (χ2n) is 4.46. The zero-order valence-electron chi connectivity index (χ0n) is 12.8. The van der Waals surface area contributed by atoms with E-state index >= 15 is 0 Å². The maximum atomic E-state index is 12.3. The molecule has 7 heteroatoms. The van der Waals surface area contributed by atoms with Gasteiger partial charge in [0.15, 0.2) is 0 Å². The van der Waals surface area contributed by atoms with E-state index in [0.29, 0.717) is 28.6 Å². The molecule has 118 valence electrons. The van der Waals surface area contributed by atoms with Crippen LogP contribution in [-0.2, 0) is 19.1 Å². The standard InChI is InChI=1S/C14H22N2O4S/c1-5-19-7-10-11(14(18)20-6-2)9(3)12(21-10)13(17)16(4)8-15/h7,11H,5-6,8,15H2,1-4H3. The van der Waals surface area contributed by atoms with Crippen molar-refractivity contribution in [3.8, 4) is 0 Å². The third kappa shape index (κ3) is 4.01. The van der Waals surface area contributed by atoms with Crippen molar-refractivity contribution in [2.75, 3.05) is 26.9 Å². The molecule has 0 fully saturated rings. The summed E-state index contributed by atoms with van der Waals surface area (Å²) in [5.41, 5.74) is 6.16. The number of rotatable bonds is 6. The highest BCUT2D eigenvalue weighted by molar-refractivity contribution is 8.08. The summed E-state index contributed by atoms with van der Waals surface area (Å²) in [5.74, 6) is -1.15. The van der Waals surface area contributed by atoms with Crippen LogP contribution >= 0.6 is 11.8 Å². The fourth-order valence-electron chi connectivity index (χ4n) is 1.85. The van der Waals surface area contributed by atoms with Gasteiger partial charge in [-0.05, 0) is 26.3 Å². The monoisotopic (exact) mass is 314 g/mol. The Morgan fingerprint density at radius 2 is 2.05 bits per heavy atom. The van der Waals surface area contributed by atoms with Gasteiger partial charge in [-0.2, -0.15) is 0 Å². The number of ether oxygens (including phenoxy) is 2. The Labute approximate surface area is 129 Å². The van der Waals surface area contributed by atoms with Gasteiger partial charge in [0.2, 0.25) is 0 Å². The molecule has 1 aliphatic rings. The third-order valence-electron chi connectivity index (χ3n) is 3.00. The smallest absolute Gasteiger partial charge is 0.318 e. The lowest BCUT2D eigenvalue weighted by Crippen LogP contribution is -2.32. The van der Waals surface area contributed by atoms with Gasteiger partial charge in [0.25, 0.3) is 5.91 Å². The topological polar surface area (TPSA) is 81.9 Å². The van der Waals surface area contributed by atoms with Crippen molar-refractivity contribution in [2.45, 2.75) is 20.8 Å². The summed E-state index contributed by atoms with van der Waals surface area (Å²) in [6.07, 6.45) is 1.53. The molecule has 1 amide bonds. The van der Waals surface area contributed by atoms with Gasteiger partial charge in [-0.3, -0.25) is 9.59 Å². The van der Waals surface area contributed by atoms with E-state index in [4.69, 9.17) is 15.2 Å². The molecule has 6 nitrogen and oxygen atoms in total. The normalized spacial score (nSPS) is 19.9. The molecule has 0 saturated heterocycles. The Morgan fingerprint density at radius 1 is 1.38 bits per heavy atom. The molecule has 1 heterocycles. The molecule has 0 aromatic heterocycles. The number of nitrogens with two attached hydrogens (primary N) is 1. The highest BCUT2D eigenvalue weighted by atomic mass is 32.2. The van der Waals surface area contributed by atoms with Gasteiger partial charge >= 0.3 is 5.97 Å². The first kappa shape index (κ1) is 17.6. The fraction of sp³-hybridized carbons (Fsp3) is 0.571. The Bertz CT molecular complexity index is 474. The molecule has 0 aromatic carbocycles. The van der Waals surface area contributed by atoms with Gasteiger partial charge in [-0.25, -0.2) is 0 Å². The van der Waals surface area contributed by atoms with E-state index in [1.54, 1.807) is 20.9 Å². The van der Waals surface area contributed by atoms with Gasteiger partial charge in [0.1, 0.15) is 5.92 Å². The van der Waals surface area contributed by atoms with E-state index in [1.807, 2.05) is 6.92 Å². The summed E-state index contributed by atoms with van der Waals surface area (Å²) in [5, 5.41) is 0. The Morgan fingerprint density at radius 3 is 2.57 bits per heavy atom. The maximum absolute atomic E-state index is 12.3. The highest BCUT2D eigenvalue weighted by Gasteiger charge is 2.38. The van der Waals surface area contributed by atoms with Crippen molar-refractivity contribution in [3.05, 3.63) is 21.6 Å². The van der Waals surface area contributed by atoms with E-state index in [-0.39, 0.29) is 18.5 Å². The molecule has 0 saturated carbocycles. The first-order chi connectivity index (χ1) is 9.97. The number of hydrogen-bond acceptors (Lipinski definition) is 6. The number of thioether (sulfide) groups is 1. The molecule has 0 aliphatic carbocycles. The van der Waals surface area contributed by atoms with Crippen LogP contribution in [0.4, 0.5) is 0 Å². The minimum atomic E-state index is -0.577. The fourth-order valence-corrected chi connectivity index (χ4v) is 3.11. The predicted molar refractivity (Wildman–Crippen MR) is 81.9 cm³/mol. The van der Waals surface area contributed by atoms with Crippen LogP contribution in [0.25, 0.3) is 0 Å². The number of nitrogens with zero attached hydrogens (tertiary/aromatic N) is 1. The number of likely N-dealkylation sites (N-methyl/N-ethyl adjacent to an activating group) is 1. The Hall–Kier alpha value is -1.47. The zero-order chi connectivity index (χ0) is 16.0. The van der Waals surface area contributed by atoms with Gasteiger partial charge in [-0.15, -0.1) is 0 Å². The number of carbonyl (C=O) groups is 2. The lowest BCUT2D eigenvalue weighted by Gasteiger charge is -2.15. The number of amides is 1. The molecule has 1 aliphatic heterocycles. The van der Waals surface area contributed by atoms with Crippen molar-refractivity contribution >= 4 is 23.6 Å². The SMILES string of the molecule is CCOC=C1SC(C(=O)N(C)CN)=C(C)C1C(=O)OCC. The second-order valence-corrected chi connectivity index (χ2v) is 5.54. The lowest BCUT2D eigenvalue weighted by molar-refractivity contribution is -0.145. The average molecular weight is 314 g/mol. The minimum Gasteiger partial charge on any atom is -0.501 e.